The number of rotatable bonds is 7. The van der Waals surface area contributed by atoms with Gasteiger partial charge in [0.2, 0.25) is 11.0 Å². The standard InChI is InChI=1S/C24H24BrFN4O2S/c25-18-6-4-5-17(15-18)22-28-29-24(33-22)27-21(31)13-14-30(20-7-2-1-3-8-20)23(32)16-9-11-19(26)12-10-16/h4-6,9-12,15,20H,1-3,7-8,13-14H2,(H,27,29,31). The number of carbonyl (C=O) groups excluding carboxylic acids is 2. The first-order valence-electron chi connectivity index (χ1n) is 11.0. The third kappa shape index (κ3) is 6.23. The van der Waals surface area contributed by atoms with Crippen molar-refractivity contribution in [1.82, 2.24) is 15.1 Å². The van der Waals surface area contributed by atoms with E-state index in [-0.39, 0.29) is 30.1 Å². The molecule has 3 aromatic rings. The minimum atomic E-state index is -0.380. The molecular weight excluding hydrogens is 507 g/mol. The summed E-state index contributed by atoms with van der Waals surface area (Å²) in [4.78, 5) is 27.6. The highest BCUT2D eigenvalue weighted by Gasteiger charge is 2.27. The fraction of sp³-hybridized carbons (Fsp3) is 0.333. The van der Waals surface area contributed by atoms with Crippen LogP contribution >= 0.6 is 27.3 Å². The Balaban J connectivity index is 1.40. The molecule has 0 radical (unpaired) electrons. The van der Waals surface area contributed by atoms with Crippen LogP contribution in [0.3, 0.4) is 0 Å². The van der Waals surface area contributed by atoms with E-state index in [0.717, 1.165) is 42.1 Å². The van der Waals surface area contributed by atoms with Crippen LogP contribution in [0.15, 0.2) is 53.0 Å². The number of aromatic nitrogens is 2. The van der Waals surface area contributed by atoms with Crippen molar-refractivity contribution in [3.63, 3.8) is 0 Å². The van der Waals surface area contributed by atoms with Crippen LogP contribution in [0.5, 0.6) is 0 Å². The lowest BCUT2D eigenvalue weighted by atomic mass is 9.93. The highest BCUT2D eigenvalue weighted by Crippen LogP contribution is 2.28. The van der Waals surface area contributed by atoms with E-state index in [9.17, 15) is 14.0 Å². The topological polar surface area (TPSA) is 75.2 Å². The van der Waals surface area contributed by atoms with Gasteiger partial charge in [-0.2, -0.15) is 0 Å². The second-order valence-electron chi connectivity index (χ2n) is 8.02. The highest BCUT2D eigenvalue weighted by atomic mass is 79.9. The summed E-state index contributed by atoms with van der Waals surface area (Å²) < 4.78 is 14.2. The molecule has 0 spiro atoms. The number of carbonyl (C=O) groups is 2. The van der Waals surface area contributed by atoms with E-state index in [1.165, 1.54) is 35.6 Å². The number of amides is 2. The summed E-state index contributed by atoms with van der Waals surface area (Å²) in [5, 5.41) is 12.2. The maximum atomic E-state index is 13.3. The first-order chi connectivity index (χ1) is 16.0. The highest BCUT2D eigenvalue weighted by molar-refractivity contribution is 9.10. The van der Waals surface area contributed by atoms with Crippen LogP contribution in [0.1, 0.15) is 48.9 Å². The molecule has 9 heteroatoms. The van der Waals surface area contributed by atoms with Crippen LogP contribution in [-0.4, -0.2) is 39.5 Å². The molecule has 0 unspecified atom stereocenters. The number of hydrogen-bond acceptors (Lipinski definition) is 5. The molecule has 6 nitrogen and oxygen atoms in total. The average molecular weight is 531 g/mol. The van der Waals surface area contributed by atoms with E-state index in [4.69, 9.17) is 0 Å². The van der Waals surface area contributed by atoms with Gasteiger partial charge in [-0.3, -0.25) is 9.59 Å². The van der Waals surface area contributed by atoms with Gasteiger partial charge in [-0.1, -0.05) is 58.7 Å². The first kappa shape index (κ1) is 23.5. The van der Waals surface area contributed by atoms with Gasteiger partial charge in [0.05, 0.1) is 0 Å². The quantitative estimate of drug-likeness (QED) is 0.411. The van der Waals surface area contributed by atoms with Crippen molar-refractivity contribution in [2.45, 2.75) is 44.6 Å². The predicted octanol–water partition coefficient (Wildman–Crippen LogP) is 5.91. The molecule has 1 saturated carbocycles. The number of benzene rings is 2. The molecule has 0 aliphatic heterocycles. The minimum absolute atomic E-state index is 0.0914. The van der Waals surface area contributed by atoms with Crippen molar-refractivity contribution in [1.29, 1.82) is 0 Å². The minimum Gasteiger partial charge on any atom is -0.335 e. The zero-order valence-electron chi connectivity index (χ0n) is 18.0. The third-order valence-electron chi connectivity index (χ3n) is 5.69. The van der Waals surface area contributed by atoms with Crippen molar-refractivity contribution in [3.05, 3.63) is 64.4 Å². The van der Waals surface area contributed by atoms with Crippen LogP contribution in [0.4, 0.5) is 9.52 Å². The third-order valence-corrected chi connectivity index (χ3v) is 7.07. The number of anilines is 1. The molecule has 1 aliphatic rings. The van der Waals surface area contributed by atoms with E-state index in [1.54, 1.807) is 4.90 Å². The monoisotopic (exact) mass is 530 g/mol. The van der Waals surface area contributed by atoms with E-state index in [2.05, 4.69) is 31.4 Å². The first-order valence-corrected chi connectivity index (χ1v) is 12.6. The molecule has 33 heavy (non-hydrogen) atoms. The van der Waals surface area contributed by atoms with Gasteiger partial charge in [-0.25, -0.2) is 4.39 Å². The largest absolute Gasteiger partial charge is 0.335 e. The van der Waals surface area contributed by atoms with Crippen molar-refractivity contribution < 1.29 is 14.0 Å². The van der Waals surface area contributed by atoms with Crippen molar-refractivity contribution in [2.24, 2.45) is 0 Å². The molecule has 1 heterocycles. The van der Waals surface area contributed by atoms with Gasteiger partial charge in [0.25, 0.3) is 5.91 Å². The normalized spacial score (nSPS) is 14.1. The van der Waals surface area contributed by atoms with E-state index in [0.29, 0.717) is 22.2 Å². The second kappa shape index (κ2) is 11.0. The SMILES string of the molecule is O=C(CCN(C(=O)c1ccc(F)cc1)C1CCCCC1)Nc1nnc(-c2cccc(Br)c2)s1. The average Bonchev–Trinajstić information content (AvgIpc) is 3.29. The van der Waals surface area contributed by atoms with E-state index < -0.39 is 0 Å². The second-order valence-corrected chi connectivity index (χ2v) is 9.91. The van der Waals surface area contributed by atoms with Gasteiger partial charge in [0.15, 0.2) is 0 Å². The summed E-state index contributed by atoms with van der Waals surface area (Å²) in [6.07, 6.45) is 5.27. The molecule has 4 rings (SSSR count). The molecule has 0 saturated heterocycles. The van der Waals surface area contributed by atoms with Crippen LogP contribution in [-0.2, 0) is 4.79 Å². The maximum absolute atomic E-state index is 13.3. The summed E-state index contributed by atoms with van der Waals surface area (Å²) >= 11 is 4.74. The smallest absolute Gasteiger partial charge is 0.254 e. The summed E-state index contributed by atoms with van der Waals surface area (Å²) in [5.74, 6) is -0.767. The zero-order valence-corrected chi connectivity index (χ0v) is 20.4. The lowest BCUT2D eigenvalue weighted by Crippen LogP contribution is -2.43. The molecule has 0 atom stereocenters. The Bertz CT molecular complexity index is 1120. The van der Waals surface area contributed by atoms with Crippen molar-refractivity contribution in [3.8, 4) is 10.6 Å². The Labute approximate surface area is 204 Å². The Morgan fingerprint density at radius 1 is 1.09 bits per heavy atom. The fourth-order valence-electron chi connectivity index (χ4n) is 4.02. The van der Waals surface area contributed by atoms with E-state index in [1.807, 2.05) is 24.3 Å². The Morgan fingerprint density at radius 2 is 1.85 bits per heavy atom. The van der Waals surface area contributed by atoms with E-state index >= 15 is 0 Å². The summed E-state index contributed by atoms with van der Waals surface area (Å²) in [6, 6.07) is 13.4. The van der Waals surface area contributed by atoms with Gasteiger partial charge in [-0.15, -0.1) is 10.2 Å². The van der Waals surface area contributed by atoms with Gasteiger partial charge in [-0.05, 0) is 49.2 Å². The van der Waals surface area contributed by atoms with Crippen molar-refractivity contribution >= 4 is 44.2 Å². The Hall–Kier alpha value is -2.65. The zero-order chi connectivity index (χ0) is 23.2. The maximum Gasteiger partial charge on any atom is 0.254 e. The molecule has 2 amide bonds. The van der Waals surface area contributed by atoms with Crippen LogP contribution in [0.25, 0.3) is 10.6 Å². The molecule has 0 bridgehead atoms. The molecule has 1 aromatic heterocycles. The molecule has 1 aliphatic carbocycles. The summed E-state index contributed by atoms with van der Waals surface area (Å²) in [7, 11) is 0. The van der Waals surface area contributed by atoms with Crippen LogP contribution in [0, 0.1) is 5.82 Å². The summed E-state index contributed by atoms with van der Waals surface area (Å²) in [6.45, 7) is 0.296. The molecular formula is C24H24BrFN4O2S. The number of hydrogen-bond donors (Lipinski definition) is 1. The van der Waals surface area contributed by atoms with Gasteiger partial charge < -0.3 is 10.2 Å². The van der Waals surface area contributed by atoms with Crippen LogP contribution < -0.4 is 5.32 Å². The Kier molecular flexibility index (Phi) is 7.82. The molecule has 2 aromatic carbocycles. The van der Waals surface area contributed by atoms with Gasteiger partial charge in [0.1, 0.15) is 10.8 Å². The van der Waals surface area contributed by atoms with Gasteiger partial charge in [0, 0.05) is 34.6 Å². The molecule has 172 valence electrons. The number of halogens is 2. The number of nitrogens with one attached hydrogen (secondary N) is 1. The predicted molar refractivity (Wildman–Crippen MR) is 131 cm³/mol. The fourth-order valence-corrected chi connectivity index (χ4v) is 5.17. The van der Waals surface area contributed by atoms with Crippen molar-refractivity contribution in [2.75, 3.05) is 11.9 Å². The van der Waals surface area contributed by atoms with Gasteiger partial charge >= 0.3 is 0 Å². The summed E-state index contributed by atoms with van der Waals surface area (Å²) in [5.41, 5.74) is 1.35. The lowest BCUT2D eigenvalue weighted by molar-refractivity contribution is -0.116. The lowest BCUT2D eigenvalue weighted by Gasteiger charge is -2.34. The molecule has 1 fully saturated rings. The van der Waals surface area contributed by atoms with Crippen LogP contribution in [0.2, 0.25) is 0 Å². The number of nitrogens with zero attached hydrogens (tertiary/aromatic N) is 3. The molecule has 1 N–H and O–H groups in total. The Morgan fingerprint density at radius 3 is 2.58 bits per heavy atom.